The van der Waals surface area contributed by atoms with Crippen LogP contribution in [0.15, 0.2) is 24.4 Å². The lowest BCUT2D eigenvalue weighted by Gasteiger charge is -2.21. The number of rotatable bonds is 9. The van der Waals surface area contributed by atoms with Gasteiger partial charge in [-0.1, -0.05) is 32.1 Å². The minimum Gasteiger partial charge on any atom is -0.368 e. The van der Waals surface area contributed by atoms with Crippen LogP contribution in [0.2, 0.25) is 0 Å². The van der Waals surface area contributed by atoms with Gasteiger partial charge in [-0.05, 0) is 43.9 Å². The Morgan fingerprint density at radius 3 is 2.62 bits per heavy atom. The molecule has 2 aromatic rings. The van der Waals surface area contributed by atoms with Crippen LogP contribution in [-0.4, -0.2) is 33.9 Å². The first kappa shape index (κ1) is 21.0. The third-order valence-corrected chi connectivity index (χ3v) is 5.27. The van der Waals surface area contributed by atoms with Gasteiger partial charge >= 0.3 is 0 Å². The smallest absolute Gasteiger partial charge is 0.220 e. The summed E-state index contributed by atoms with van der Waals surface area (Å²) in [5, 5.41) is 9.47. The van der Waals surface area contributed by atoms with E-state index in [9.17, 15) is 4.79 Å². The van der Waals surface area contributed by atoms with Crippen molar-refractivity contribution >= 4 is 23.4 Å². The number of amides is 1. The van der Waals surface area contributed by atoms with Crippen molar-refractivity contribution in [1.29, 1.82) is 0 Å². The Morgan fingerprint density at radius 2 is 1.83 bits per heavy atom. The fourth-order valence-electron chi connectivity index (χ4n) is 3.75. The number of aromatic nitrogens is 3. The molecule has 1 saturated carbocycles. The summed E-state index contributed by atoms with van der Waals surface area (Å²) < 4.78 is 0. The maximum absolute atomic E-state index is 12.1. The normalized spacial score (nSPS) is 14.4. The molecule has 0 aromatic carbocycles. The summed E-state index contributed by atoms with van der Waals surface area (Å²) in [5.41, 5.74) is 1.13. The summed E-state index contributed by atoms with van der Waals surface area (Å²) in [6.07, 6.45) is 10.0. The first-order valence-corrected chi connectivity index (χ1v) is 10.6. The Hall–Kier alpha value is -2.70. The van der Waals surface area contributed by atoms with Gasteiger partial charge in [0.2, 0.25) is 5.91 Å². The lowest BCUT2D eigenvalue weighted by atomic mass is 9.86. The summed E-state index contributed by atoms with van der Waals surface area (Å²) in [5.74, 6) is 3.72. The van der Waals surface area contributed by atoms with Crippen molar-refractivity contribution in [2.45, 2.75) is 58.8 Å². The van der Waals surface area contributed by atoms with Crippen molar-refractivity contribution in [3.63, 3.8) is 0 Å². The molecule has 0 radical (unpaired) electrons. The number of pyridine rings is 1. The van der Waals surface area contributed by atoms with Gasteiger partial charge in [0.05, 0.1) is 0 Å². The van der Waals surface area contributed by atoms with Crippen molar-refractivity contribution in [2.75, 3.05) is 23.7 Å². The third-order valence-electron chi connectivity index (χ3n) is 5.27. The van der Waals surface area contributed by atoms with E-state index in [0.717, 1.165) is 29.5 Å². The highest BCUT2D eigenvalue weighted by Gasteiger charge is 2.14. The predicted molar refractivity (Wildman–Crippen MR) is 116 cm³/mol. The molecule has 0 bridgehead atoms. The molecule has 3 N–H and O–H groups in total. The summed E-state index contributed by atoms with van der Waals surface area (Å²) in [7, 11) is 0. The molecule has 29 heavy (non-hydrogen) atoms. The molecular formula is C22H32N6O. The van der Waals surface area contributed by atoms with E-state index in [-0.39, 0.29) is 5.91 Å². The van der Waals surface area contributed by atoms with Gasteiger partial charge in [0.1, 0.15) is 23.3 Å². The van der Waals surface area contributed by atoms with E-state index >= 15 is 0 Å². The number of nitrogens with one attached hydrogen (secondary N) is 3. The van der Waals surface area contributed by atoms with E-state index < -0.39 is 0 Å². The van der Waals surface area contributed by atoms with Gasteiger partial charge in [-0.25, -0.2) is 15.0 Å². The molecule has 2 heterocycles. The van der Waals surface area contributed by atoms with Crippen LogP contribution in [0.4, 0.5) is 17.5 Å². The Bertz CT molecular complexity index is 804. The third kappa shape index (κ3) is 7.33. The maximum Gasteiger partial charge on any atom is 0.220 e. The predicted octanol–water partition coefficient (Wildman–Crippen LogP) is 4.12. The standard InChI is InChI=1S/C22H32N6O/c1-16-10-11-23-19(14-16)28-21-15-20(26-17(2)27-21)24-12-13-25-22(29)9-8-18-6-4-3-5-7-18/h10-11,14-15,18H,3-9,12-13H2,1-2H3,(H,25,29)(H2,23,24,26,27,28). The zero-order chi connectivity index (χ0) is 20.5. The van der Waals surface area contributed by atoms with Crippen LogP contribution in [0.25, 0.3) is 0 Å². The minimum absolute atomic E-state index is 0.143. The fraction of sp³-hybridized carbons (Fsp3) is 0.545. The molecule has 0 aliphatic heterocycles. The van der Waals surface area contributed by atoms with E-state index in [2.05, 4.69) is 30.9 Å². The molecule has 7 nitrogen and oxygen atoms in total. The van der Waals surface area contributed by atoms with Crippen molar-refractivity contribution in [3.8, 4) is 0 Å². The quantitative estimate of drug-likeness (QED) is 0.552. The highest BCUT2D eigenvalue weighted by atomic mass is 16.1. The van der Waals surface area contributed by atoms with E-state index in [4.69, 9.17) is 0 Å². The zero-order valence-electron chi connectivity index (χ0n) is 17.5. The van der Waals surface area contributed by atoms with Gasteiger partial charge in [0, 0.05) is 31.8 Å². The van der Waals surface area contributed by atoms with Crippen LogP contribution in [-0.2, 0) is 4.79 Å². The molecule has 7 heteroatoms. The van der Waals surface area contributed by atoms with E-state index in [0.29, 0.717) is 31.2 Å². The van der Waals surface area contributed by atoms with Crippen LogP contribution in [0, 0.1) is 19.8 Å². The van der Waals surface area contributed by atoms with E-state index in [1.807, 2.05) is 32.0 Å². The highest BCUT2D eigenvalue weighted by Crippen LogP contribution is 2.27. The Kier molecular flexibility index (Phi) is 7.78. The van der Waals surface area contributed by atoms with Gasteiger partial charge < -0.3 is 16.0 Å². The van der Waals surface area contributed by atoms with Crippen LogP contribution in [0.3, 0.4) is 0 Å². The van der Waals surface area contributed by atoms with Crippen molar-refractivity contribution in [3.05, 3.63) is 35.8 Å². The molecular weight excluding hydrogens is 364 g/mol. The summed E-state index contributed by atoms with van der Waals surface area (Å²) >= 11 is 0. The topological polar surface area (TPSA) is 91.8 Å². The zero-order valence-corrected chi connectivity index (χ0v) is 17.5. The first-order chi connectivity index (χ1) is 14.1. The minimum atomic E-state index is 0.143. The molecule has 1 aliphatic rings. The SMILES string of the molecule is Cc1ccnc(Nc2cc(NCCNC(=O)CCC3CCCCC3)nc(C)n2)c1. The van der Waals surface area contributed by atoms with Crippen molar-refractivity contribution < 1.29 is 4.79 Å². The highest BCUT2D eigenvalue weighted by molar-refractivity contribution is 5.75. The van der Waals surface area contributed by atoms with Gasteiger partial charge in [-0.2, -0.15) is 0 Å². The molecule has 1 amide bonds. The summed E-state index contributed by atoms with van der Waals surface area (Å²) in [6.45, 7) is 5.07. The summed E-state index contributed by atoms with van der Waals surface area (Å²) in [4.78, 5) is 25.2. The summed E-state index contributed by atoms with van der Waals surface area (Å²) in [6, 6.07) is 5.77. The largest absolute Gasteiger partial charge is 0.368 e. The lowest BCUT2D eigenvalue weighted by Crippen LogP contribution is -2.29. The van der Waals surface area contributed by atoms with Crippen molar-refractivity contribution in [1.82, 2.24) is 20.3 Å². The number of nitrogens with zero attached hydrogens (tertiary/aromatic N) is 3. The average Bonchev–Trinajstić information content (AvgIpc) is 2.70. The molecule has 0 unspecified atom stereocenters. The van der Waals surface area contributed by atoms with E-state index in [1.54, 1.807) is 6.20 Å². The number of hydrogen-bond acceptors (Lipinski definition) is 6. The molecule has 1 aliphatic carbocycles. The van der Waals surface area contributed by atoms with Gasteiger partial charge in [0.25, 0.3) is 0 Å². The maximum atomic E-state index is 12.1. The molecule has 156 valence electrons. The Morgan fingerprint density at radius 1 is 1.03 bits per heavy atom. The second kappa shape index (κ2) is 10.7. The Labute approximate surface area is 173 Å². The van der Waals surface area contributed by atoms with Crippen LogP contribution in [0.5, 0.6) is 0 Å². The van der Waals surface area contributed by atoms with E-state index in [1.165, 1.54) is 32.1 Å². The molecule has 3 rings (SSSR count). The first-order valence-electron chi connectivity index (χ1n) is 10.6. The van der Waals surface area contributed by atoms with Gasteiger partial charge in [-0.3, -0.25) is 4.79 Å². The van der Waals surface area contributed by atoms with Crippen LogP contribution < -0.4 is 16.0 Å². The average molecular weight is 397 g/mol. The van der Waals surface area contributed by atoms with Gasteiger partial charge in [-0.15, -0.1) is 0 Å². The molecule has 0 spiro atoms. The monoisotopic (exact) mass is 396 g/mol. The molecule has 1 fully saturated rings. The van der Waals surface area contributed by atoms with Crippen molar-refractivity contribution in [2.24, 2.45) is 5.92 Å². The molecule has 0 atom stereocenters. The number of carbonyl (C=O) groups excluding carboxylic acids is 1. The number of carbonyl (C=O) groups is 1. The lowest BCUT2D eigenvalue weighted by molar-refractivity contribution is -0.121. The van der Waals surface area contributed by atoms with Crippen LogP contribution in [0.1, 0.15) is 56.3 Å². The second-order valence-corrected chi connectivity index (χ2v) is 7.85. The fourth-order valence-corrected chi connectivity index (χ4v) is 3.75. The number of hydrogen-bond donors (Lipinski definition) is 3. The number of anilines is 3. The number of aryl methyl sites for hydroxylation is 2. The van der Waals surface area contributed by atoms with Gasteiger partial charge in [0.15, 0.2) is 0 Å². The Balaban J connectivity index is 1.40. The molecule has 0 saturated heterocycles. The molecule has 2 aromatic heterocycles. The van der Waals surface area contributed by atoms with Crippen LogP contribution >= 0.6 is 0 Å². The second-order valence-electron chi connectivity index (χ2n) is 7.85.